The molecule has 0 saturated carbocycles. The molecule has 2 atom stereocenters. The summed E-state index contributed by atoms with van der Waals surface area (Å²) in [5, 5.41) is 22.2. The van der Waals surface area contributed by atoms with Crippen LogP contribution in [0.1, 0.15) is 115 Å². The van der Waals surface area contributed by atoms with E-state index in [1.165, 1.54) is 72.7 Å². The molecule has 43 heavy (non-hydrogen) atoms. The zero-order valence-corrected chi connectivity index (χ0v) is 29.2. The summed E-state index contributed by atoms with van der Waals surface area (Å²) in [5.74, 6) is -1.52. The van der Waals surface area contributed by atoms with Crippen molar-refractivity contribution in [2.45, 2.75) is 125 Å². The quantitative estimate of drug-likeness (QED) is 0.0840. The number of unbranched alkanes of at least 4 members (excludes halogenated alkanes) is 10. The Hall–Kier alpha value is -0.890. The van der Waals surface area contributed by atoms with E-state index in [-0.39, 0.29) is 0 Å². The van der Waals surface area contributed by atoms with Gasteiger partial charge in [-0.05, 0) is 30.4 Å². The third kappa shape index (κ3) is 12.1. The molecular formula is C35H55Cl3O5. The molecule has 0 aliphatic carbocycles. The summed E-state index contributed by atoms with van der Waals surface area (Å²) in [7, 11) is 4.46. The summed E-state index contributed by atoms with van der Waals surface area (Å²) in [4.78, 5) is 0. The number of halogens is 3. The molecule has 8 heteroatoms. The number of hydrogen-bond donors (Lipinski definition) is 2. The third-order valence-electron chi connectivity index (χ3n) is 8.07. The van der Waals surface area contributed by atoms with Gasteiger partial charge in [-0.25, -0.2) is 0 Å². The summed E-state index contributed by atoms with van der Waals surface area (Å²) < 4.78 is 14.6. The first-order valence-corrected chi connectivity index (χ1v) is 16.9. The normalized spacial score (nSPS) is 14.8. The highest BCUT2D eigenvalue weighted by atomic mass is 35.6. The van der Waals surface area contributed by atoms with Crippen LogP contribution in [0.4, 0.5) is 0 Å². The lowest BCUT2D eigenvalue weighted by molar-refractivity contribution is -0.426. The van der Waals surface area contributed by atoms with E-state index in [9.17, 15) is 10.2 Å². The number of rotatable bonds is 20. The Morgan fingerprint density at radius 3 is 1.19 bits per heavy atom. The van der Waals surface area contributed by atoms with Gasteiger partial charge < -0.3 is 24.4 Å². The third-order valence-corrected chi connectivity index (χ3v) is 9.01. The van der Waals surface area contributed by atoms with Crippen molar-refractivity contribution in [2.75, 3.05) is 21.3 Å². The van der Waals surface area contributed by atoms with Crippen molar-refractivity contribution in [1.29, 1.82) is 0 Å². The fraction of sp³-hybridized carbons (Fsp3) is 0.657. The predicted octanol–water partition coefficient (Wildman–Crippen LogP) is 10.2. The second kappa shape index (κ2) is 21.0. The van der Waals surface area contributed by atoms with E-state index in [0.717, 1.165) is 31.2 Å². The van der Waals surface area contributed by atoms with Gasteiger partial charge in [0.2, 0.25) is 3.79 Å². The van der Waals surface area contributed by atoms with Crippen molar-refractivity contribution in [3.8, 4) is 0 Å². The van der Waals surface area contributed by atoms with Gasteiger partial charge >= 0.3 is 5.97 Å². The maximum Gasteiger partial charge on any atom is 0.317 e. The van der Waals surface area contributed by atoms with Crippen LogP contribution in [-0.2, 0) is 25.4 Å². The van der Waals surface area contributed by atoms with E-state index in [2.05, 4.69) is 13.8 Å². The Morgan fingerprint density at radius 2 is 0.837 bits per heavy atom. The minimum atomic E-state index is -1.72. The summed E-state index contributed by atoms with van der Waals surface area (Å²) in [6.45, 7) is 4.40. The summed E-state index contributed by atoms with van der Waals surface area (Å²) in [6, 6.07) is 18.6. The lowest BCUT2D eigenvalue weighted by Gasteiger charge is -2.43. The van der Waals surface area contributed by atoms with Gasteiger partial charge in [-0.1, -0.05) is 180 Å². The van der Waals surface area contributed by atoms with Crippen LogP contribution in [0.5, 0.6) is 0 Å². The number of methoxy groups -OCH3 is 3. The largest absolute Gasteiger partial charge is 0.381 e. The van der Waals surface area contributed by atoms with Crippen molar-refractivity contribution < 1.29 is 24.4 Å². The Labute approximate surface area is 276 Å². The Bertz CT molecular complexity index is 945. The number of hydrogen-bond acceptors (Lipinski definition) is 5. The van der Waals surface area contributed by atoms with E-state index >= 15 is 0 Å². The SMILES string of the molecule is CCCCCCCCC(O)(c1ccccc1)C(Cl)(Cl)Cl.CCCCCCCCC(O)(c1ccccc1)C(OC)(OC)OC. The van der Waals surface area contributed by atoms with Gasteiger partial charge in [0.25, 0.3) is 0 Å². The zero-order valence-electron chi connectivity index (χ0n) is 26.9. The van der Waals surface area contributed by atoms with Crippen LogP contribution in [0, 0.1) is 0 Å². The summed E-state index contributed by atoms with van der Waals surface area (Å²) in [5.41, 5.74) is -1.39. The Morgan fingerprint density at radius 1 is 0.512 bits per heavy atom. The van der Waals surface area contributed by atoms with Crippen molar-refractivity contribution in [3.63, 3.8) is 0 Å². The minimum Gasteiger partial charge on any atom is -0.381 e. The lowest BCUT2D eigenvalue weighted by atomic mass is 9.85. The summed E-state index contributed by atoms with van der Waals surface area (Å²) >= 11 is 18.1. The lowest BCUT2D eigenvalue weighted by Crippen LogP contribution is -2.56. The van der Waals surface area contributed by atoms with Crippen LogP contribution in [0.25, 0.3) is 0 Å². The van der Waals surface area contributed by atoms with E-state index in [4.69, 9.17) is 49.0 Å². The maximum absolute atomic E-state index is 11.4. The first-order valence-electron chi connectivity index (χ1n) is 15.8. The number of ether oxygens (including phenoxy) is 3. The van der Waals surface area contributed by atoms with Crippen LogP contribution in [0.2, 0.25) is 0 Å². The topological polar surface area (TPSA) is 68.2 Å². The number of benzene rings is 2. The smallest absolute Gasteiger partial charge is 0.317 e. The van der Waals surface area contributed by atoms with Crippen molar-refractivity contribution in [1.82, 2.24) is 0 Å². The fourth-order valence-corrected chi connectivity index (χ4v) is 6.04. The molecule has 0 heterocycles. The van der Waals surface area contributed by atoms with Crippen LogP contribution in [0.15, 0.2) is 60.7 Å². The van der Waals surface area contributed by atoms with E-state index in [1.54, 1.807) is 12.1 Å². The zero-order chi connectivity index (χ0) is 32.2. The monoisotopic (exact) mass is 660 g/mol. The van der Waals surface area contributed by atoms with Crippen molar-refractivity contribution in [2.24, 2.45) is 0 Å². The van der Waals surface area contributed by atoms with Crippen LogP contribution >= 0.6 is 34.8 Å². The molecule has 5 nitrogen and oxygen atoms in total. The number of alkyl halides is 3. The van der Waals surface area contributed by atoms with Gasteiger partial charge in [-0.15, -0.1) is 0 Å². The van der Waals surface area contributed by atoms with Crippen molar-refractivity contribution >= 4 is 34.8 Å². The highest BCUT2D eigenvalue weighted by molar-refractivity contribution is 6.68. The van der Waals surface area contributed by atoms with Gasteiger partial charge in [0.15, 0.2) is 5.60 Å². The molecule has 2 N–H and O–H groups in total. The standard InChI is InChI=1S/C19H32O4.C16H23Cl3O/c1-5-6-7-8-9-13-16-18(20,17-14-11-10-12-15-17)19(21-2,22-3)23-4;1-2-3-4-5-6-10-13-15(20,16(17,18)19)14-11-8-7-9-12-14/h10-12,14-15,20H,5-9,13,16H2,1-4H3;7-9,11-12,20H,2-6,10,13H2,1H3. The molecule has 0 aliphatic heterocycles. The van der Waals surface area contributed by atoms with Gasteiger partial charge in [0.05, 0.1) is 0 Å². The highest BCUT2D eigenvalue weighted by Gasteiger charge is 2.54. The molecule has 0 bridgehead atoms. The predicted molar refractivity (Wildman–Crippen MR) is 181 cm³/mol. The molecule has 0 amide bonds. The van der Waals surface area contributed by atoms with Gasteiger partial charge in [-0.2, -0.15) is 0 Å². The maximum atomic E-state index is 11.4. The molecule has 0 fully saturated rings. The van der Waals surface area contributed by atoms with E-state index < -0.39 is 21.0 Å². The van der Waals surface area contributed by atoms with Crippen LogP contribution < -0.4 is 0 Å². The van der Waals surface area contributed by atoms with Crippen LogP contribution in [0.3, 0.4) is 0 Å². The van der Waals surface area contributed by atoms with Gasteiger partial charge in [0, 0.05) is 21.3 Å². The molecule has 0 aromatic heterocycles. The second-order valence-corrected chi connectivity index (χ2v) is 13.4. The highest BCUT2D eigenvalue weighted by Crippen LogP contribution is 2.48. The molecule has 2 rings (SSSR count). The molecule has 2 aromatic rings. The molecule has 0 aliphatic rings. The molecule has 0 radical (unpaired) electrons. The first kappa shape index (κ1) is 40.1. The minimum absolute atomic E-state index is 0.458. The Kier molecular flexibility index (Phi) is 19.6. The van der Waals surface area contributed by atoms with E-state index in [1.807, 2.05) is 48.5 Å². The number of aliphatic hydroxyl groups is 2. The summed E-state index contributed by atoms with van der Waals surface area (Å²) in [6.07, 6.45) is 14.6. The van der Waals surface area contributed by atoms with Gasteiger partial charge in [-0.3, -0.25) is 0 Å². The average Bonchev–Trinajstić information content (AvgIpc) is 3.02. The fourth-order valence-electron chi connectivity index (χ4n) is 5.43. The second-order valence-electron chi connectivity index (χ2n) is 11.2. The molecular weight excluding hydrogens is 607 g/mol. The Balaban J connectivity index is 0.000000434. The first-order chi connectivity index (χ1) is 20.5. The molecule has 246 valence electrons. The molecule has 0 spiro atoms. The van der Waals surface area contributed by atoms with Crippen molar-refractivity contribution in [3.05, 3.63) is 71.8 Å². The van der Waals surface area contributed by atoms with E-state index in [0.29, 0.717) is 18.4 Å². The average molecular weight is 662 g/mol. The molecule has 2 aromatic carbocycles. The van der Waals surface area contributed by atoms with Crippen LogP contribution in [-0.4, -0.2) is 41.3 Å². The molecule has 2 unspecified atom stereocenters. The molecule has 0 saturated heterocycles. The van der Waals surface area contributed by atoms with Gasteiger partial charge in [0.1, 0.15) is 5.60 Å².